The van der Waals surface area contributed by atoms with Crippen LogP contribution in [0.5, 0.6) is 0 Å². The van der Waals surface area contributed by atoms with Gasteiger partial charge in [0, 0.05) is 26.3 Å². The zero-order chi connectivity index (χ0) is 17.7. The van der Waals surface area contributed by atoms with Gasteiger partial charge in [0.25, 0.3) is 5.91 Å². The van der Waals surface area contributed by atoms with Crippen LogP contribution in [0.3, 0.4) is 0 Å². The van der Waals surface area contributed by atoms with Gasteiger partial charge in [-0.3, -0.25) is 9.48 Å². The van der Waals surface area contributed by atoms with Gasteiger partial charge in [0.15, 0.2) is 6.61 Å². The topological polar surface area (TPSA) is 64.4 Å². The molecule has 2 rings (SSSR count). The normalized spacial score (nSPS) is 10.5. The third-order valence-corrected chi connectivity index (χ3v) is 4.06. The van der Waals surface area contributed by atoms with Crippen molar-refractivity contribution in [1.29, 1.82) is 0 Å². The summed E-state index contributed by atoms with van der Waals surface area (Å²) in [7, 11) is 3.44. The molecule has 0 spiro atoms. The van der Waals surface area contributed by atoms with Crippen molar-refractivity contribution in [3.63, 3.8) is 0 Å². The van der Waals surface area contributed by atoms with Crippen molar-refractivity contribution < 1.29 is 14.3 Å². The Balaban J connectivity index is 1.87. The van der Waals surface area contributed by atoms with Gasteiger partial charge in [-0.05, 0) is 24.5 Å². The fourth-order valence-corrected chi connectivity index (χ4v) is 2.26. The van der Waals surface area contributed by atoms with Crippen molar-refractivity contribution in [2.24, 2.45) is 7.05 Å². The van der Waals surface area contributed by atoms with E-state index in [-0.39, 0.29) is 12.5 Å². The van der Waals surface area contributed by atoms with E-state index in [2.05, 4.69) is 24.2 Å². The number of amides is 1. The molecular formula is C18H23N3O3. The zero-order valence-corrected chi connectivity index (χ0v) is 14.6. The lowest BCUT2D eigenvalue weighted by atomic mass is 10.1. The molecule has 6 nitrogen and oxygen atoms in total. The molecule has 24 heavy (non-hydrogen) atoms. The third kappa shape index (κ3) is 4.22. The molecular weight excluding hydrogens is 306 g/mol. The SMILES string of the molecule is CCc1ccc(CN(C)C(=O)COC(=O)c2cnn(C)c2C)cc1. The number of aryl methyl sites for hydroxylation is 2. The number of aromatic nitrogens is 2. The highest BCUT2D eigenvalue weighted by molar-refractivity contribution is 5.92. The molecule has 0 saturated heterocycles. The van der Waals surface area contributed by atoms with Gasteiger partial charge in [-0.1, -0.05) is 31.2 Å². The van der Waals surface area contributed by atoms with Crippen molar-refractivity contribution in [2.45, 2.75) is 26.8 Å². The van der Waals surface area contributed by atoms with E-state index in [0.29, 0.717) is 17.8 Å². The van der Waals surface area contributed by atoms with Crippen LogP contribution in [0.4, 0.5) is 0 Å². The molecule has 2 aromatic rings. The highest BCUT2D eigenvalue weighted by Gasteiger charge is 2.17. The monoisotopic (exact) mass is 329 g/mol. The molecule has 6 heteroatoms. The van der Waals surface area contributed by atoms with Crippen molar-refractivity contribution in [3.05, 3.63) is 52.8 Å². The Kier molecular flexibility index (Phi) is 5.73. The third-order valence-electron chi connectivity index (χ3n) is 4.06. The summed E-state index contributed by atoms with van der Waals surface area (Å²) >= 11 is 0. The molecule has 0 saturated carbocycles. The molecule has 1 aromatic heterocycles. The van der Waals surface area contributed by atoms with Crippen LogP contribution < -0.4 is 0 Å². The maximum Gasteiger partial charge on any atom is 0.342 e. The number of hydrogen-bond acceptors (Lipinski definition) is 4. The van der Waals surface area contributed by atoms with Crippen LogP contribution in [0, 0.1) is 6.92 Å². The average Bonchev–Trinajstić information content (AvgIpc) is 2.92. The summed E-state index contributed by atoms with van der Waals surface area (Å²) in [6, 6.07) is 8.12. The first-order valence-corrected chi connectivity index (χ1v) is 7.89. The van der Waals surface area contributed by atoms with Gasteiger partial charge in [-0.2, -0.15) is 5.10 Å². The molecule has 0 unspecified atom stereocenters. The Morgan fingerprint density at radius 2 is 1.83 bits per heavy atom. The predicted molar refractivity (Wildman–Crippen MR) is 90.5 cm³/mol. The summed E-state index contributed by atoms with van der Waals surface area (Å²) in [5, 5.41) is 3.99. The number of esters is 1. The smallest absolute Gasteiger partial charge is 0.342 e. The van der Waals surface area contributed by atoms with E-state index in [1.807, 2.05) is 12.1 Å². The van der Waals surface area contributed by atoms with Gasteiger partial charge in [0.1, 0.15) is 5.56 Å². The number of benzene rings is 1. The Labute approximate surface area is 142 Å². The number of ether oxygens (including phenoxy) is 1. The van der Waals surface area contributed by atoms with E-state index in [1.165, 1.54) is 11.8 Å². The van der Waals surface area contributed by atoms with Crippen LogP contribution >= 0.6 is 0 Å². The molecule has 0 atom stereocenters. The first-order valence-electron chi connectivity index (χ1n) is 7.89. The minimum atomic E-state index is -0.533. The lowest BCUT2D eigenvalue weighted by Crippen LogP contribution is -2.30. The van der Waals surface area contributed by atoms with Crippen LogP contribution in [-0.2, 0) is 29.5 Å². The minimum Gasteiger partial charge on any atom is -0.452 e. The second-order valence-corrected chi connectivity index (χ2v) is 5.76. The van der Waals surface area contributed by atoms with Crippen LogP contribution in [-0.4, -0.2) is 40.2 Å². The number of likely N-dealkylation sites (N-methyl/N-ethyl adjacent to an activating group) is 1. The van der Waals surface area contributed by atoms with Gasteiger partial charge in [0.05, 0.1) is 6.20 Å². The van der Waals surface area contributed by atoms with Crippen molar-refractivity contribution in [1.82, 2.24) is 14.7 Å². The summed E-state index contributed by atoms with van der Waals surface area (Å²) < 4.78 is 6.68. The number of hydrogen-bond donors (Lipinski definition) is 0. The molecule has 0 fully saturated rings. The second-order valence-electron chi connectivity index (χ2n) is 5.76. The van der Waals surface area contributed by atoms with Crippen LogP contribution in [0.1, 0.15) is 34.1 Å². The zero-order valence-electron chi connectivity index (χ0n) is 14.6. The van der Waals surface area contributed by atoms with E-state index in [0.717, 1.165) is 12.0 Å². The second kappa shape index (κ2) is 7.77. The summed E-state index contributed by atoms with van der Waals surface area (Å²) in [5.41, 5.74) is 3.38. The minimum absolute atomic E-state index is 0.246. The number of rotatable bonds is 6. The summed E-state index contributed by atoms with van der Waals surface area (Å²) in [6.07, 6.45) is 2.43. The quantitative estimate of drug-likeness (QED) is 0.762. The molecule has 0 radical (unpaired) electrons. The standard InChI is InChI=1S/C18H23N3O3/c1-5-14-6-8-15(9-7-14)11-20(3)17(22)12-24-18(23)16-10-19-21(4)13(16)2/h6-10H,5,11-12H2,1-4H3. The maximum absolute atomic E-state index is 12.1. The first kappa shape index (κ1) is 17.7. The highest BCUT2D eigenvalue weighted by Crippen LogP contribution is 2.09. The number of carbonyl (C=O) groups excluding carboxylic acids is 2. The molecule has 1 aromatic carbocycles. The highest BCUT2D eigenvalue weighted by atomic mass is 16.5. The lowest BCUT2D eigenvalue weighted by Gasteiger charge is -2.17. The van der Waals surface area contributed by atoms with E-state index in [4.69, 9.17) is 4.74 Å². The van der Waals surface area contributed by atoms with Crippen molar-refractivity contribution in [3.8, 4) is 0 Å². The van der Waals surface area contributed by atoms with Gasteiger partial charge in [-0.25, -0.2) is 4.79 Å². The Hall–Kier alpha value is -2.63. The molecule has 1 amide bonds. The van der Waals surface area contributed by atoms with Gasteiger partial charge < -0.3 is 9.64 Å². The van der Waals surface area contributed by atoms with Crippen molar-refractivity contribution in [2.75, 3.05) is 13.7 Å². The van der Waals surface area contributed by atoms with Crippen LogP contribution in [0.2, 0.25) is 0 Å². The average molecular weight is 329 g/mol. The Morgan fingerprint density at radius 3 is 2.38 bits per heavy atom. The molecule has 0 aliphatic heterocycles. The maximum atomic E-state index is 12.1. The lowest BCUT2D eigenvalue weighted by molar-refractivity contribution is -0.133. The summed E-state index contributed by atoms with van der Waals surface area (Å²) in [4.78, 5) is 25.7. The fraction of sp³-hybridized carbons (Fsp3) is 0.389. The number of carbonyl (C=O) groups is 2. The van der Waals surface area contributed by atoms with E-state index >= 15 is 0 Å². The van der Waals surface area contributed by atoms with Gasteiger partial charge in [-0.15, -0.1) is 0 Å². The molecule has 0 aliphatic carbocycles. The molecule has 0 aliphatic rings. The van der Waals surface area contributed by atoms with Crippen LogP contribution in [0.25, 0.3) is 0 Å². The largest absolute Gasteiger partial charge is 0.452 e. The molecule has 0 N–H and O–H groups in total. The van der Waals surface area contributed by atoms with Crippen molar-refractivity contribution >= 4 is 11.9 Å². The Morgan fingerprint density at radius 1 is 1.21 bits per heavy atom. The van der Waals surface area contributed by atoms with Gasteiger partial charge >= 0.3 is 5.97 Å². The first-order chi connectivity index (χ1) is 11.4. The summed E-state index contributed by atoms with van der Waals surface area (Å²) in [5.74, 6) is -0.779. The van der Waals surface area contributed by atoms with E-state index in [1.54, 1.807) is 30.6 Å². The van der Waals surface area contributed by atoms with E-state index < -0.39 is 5.97 Å². The molecule has 1 heterocycles. The Bertz CT molecular complexity index is 720. The fourth-order valence-electron chi connectivity index (χ4n) is 2.26. The number of nitrogens with zero attached hydrogens (tertiary/aromatic N) is 3. The van der Waals surface area contributed by atoms with Gasteiger partial charge in [0.2, 0.25) is 0 Å². The van der Waals surface area contributed by atoms with Crippen LogP contribution in [0.15, 0.2) is 30.5 Å². The molecule has 128 valence electrons. The predicted octanol–water partition coefficient (Wildman–Crippen LogP) is 2.11. The summed E-state index contributed by atoms with van der Waals surface area (Å²) in [6.45, 7) is 4.07. The molecule has 0 bridgehead atoms. The van der Waals surface area contributed by atoms with E-state index in [9.17, 15) is 9.59 Å².